The van der Waals surface area contributed by atoms with Gasteiger partial charge in [-0.1, -0.05) is 19.9 Å². The maximum absolute atomic E-state index is 12.1. The monoisotopic (exact) mass is 314 g/mol. The van der Waals surface area contributed by atoms with Crippen molar-refractivity contribution in [3.63, 3.8) is 0 Å². The Morgan fingerprint density at radius 3 is 2.67 bits per heavy atom. The zero-order chi connectivity index (χ0) is 15.9. The first-order valence-corrected chi connectivity index (χ1v) is 8.62. The van der Waals surface area contributed by atoms with Gasteiger partial charge in [-0.15, -0.1) is 0 Å². The minimum Gasteiger partial charge on any atom is -0.314 e. The lowest BCUT2D eigenvalue weighted by Crippen LogP contribution is -2.39. The van der Waals surface area contributed by atoms with Gasteiger partial charge in [0.15, 0.2) is 0 Å². The Labute approximate surface area is 128 Å². The molecule has 0 bridgehead atoms. The maximum Gasteiger partial charge on any atom is 0.279 e. The highest BCUT2D eigenvalue weighted by molar-refractivity contribution is 7.87. The van der Waals surface area contributed by atoms with E-state index in [1.54, 1.807) is 7.05 Å². The fourth-order valence-corrected chi connectivity index (χ4v) is 2.71. The van der Waals surface area contributed by atoms with E-state index in [2.05, 4.69) is 28.9 Å². The lowest BCUT2D eigenvalue weighted by atomic mass is 10.3. The molecule has 0 amide bonds. The summed E-state index contributed by atoms with van der Waals surface area (Å²) in [6, 6.07) is 5.97. The highest BCUT2D eigenvalue weighted by Crippen LogP contribution is 2.01. The SMILES string of the molecule is Cc1cccc(CNS(=O)(=O)N(C)CCCNC(C)C)n1. The molecular formula is C14H26N4O2S. The van der Waals surface area contributed by atoms with Crippen LogP contribution in [0, 0.1) is 6.92 Å². The van der Waals surface area contributed by atoms with Crippen molar-refractivity contribution in [1.29, 1.82) is 0 Å². The highest BCUT2D eigenvalue weighted by atomic mass is 32.2. The van der Waals surface area contributed by atoms with Gasteiger partial charge < -0.3 is 5.32 Å². The first-order valence-electron chi connectivity index (χ1n) is 7.18. The van der Waals surface area contributed by atoms with Crippen molar-refractivity contribution in [3.05, 3.63) is 29.6 Å². The molecule has 0 saturated heterocycles. The fraction of sp³-hybridized carbons (Fsp3) is 0.643. The number of nitrogens with one attached hydrogen (secondary N) is 2. The molecule has 0 aliphatic rings. The van der Waals surface area contributed by atoms with E-state index in [1.165, 1.54) is 4.31 Å². The molecule has 0 aliphatic heterocycles. The highest BCUT2D eigenvalue weighted by Gasteiger charge is 2.16. The van der Waals surface area contributed by atoms with Gasteiger partial charge in [0, 0.05) is 25.3 Å². The van der Waals surface area contributed by atoms with Crippen molar-refractivity contribution >= 4 is 10.2 Å². The van der Waals surface area contributed by atoms with Crippen molar-refractivity contribution in [2.45, 2.75) is 39.8 Å². The predicted octanol–water partition coefficient (Wildman–Crippen LogP) is 1.04. The molecule has 0 fully saturated rings. The molecule has 6 nitrogen and oxygen atoms in total. The van der Waals surface area contributed by atoms with Crippen molar-refractivity contribution in [1.82, 2.24) is 19.3 Å². The summed E-state index contributed by atoms with van der Waals surface area (Å²) in [5, 5.41) is 3.26. The largest absolute Gasteiger partial charge is 0.314 e. The van der Waals surface area contributed by atoms with Gasteiger partial charge in [0.2, 0.25) is 0 Å². The molecule has 120 valence electrons. The number of pyridine rings is 1. The van der Waals surface area contributed by atoms with Crippen LogP contribution < -0.4 is 10.0 Å². The van der Waals surface area contributed by atoms with Gasteiger partial charge in [0.25, 0.3) is 10.2 Å². The van der Waals surface area contributed by atoms with Gasteiger partial charge in [-0.2, -0.15) is 17.4 Å². The van der Waals surface area contributed by atoms with Gasteiger partial charge in [-0.05, 0) is 32.0 Å². The lowest BCUT2D eigenvalue weighted by molar-refractivity contribution is 0.438. The van der Waals surface area contributed by atoms with Gasteiger partial charge in [0.1, 0.15) is 0 Å². The normalized spacial score (nSPS) is 12.3. The Morgan fingerprint density at radius 2 is 2.05 bits per heavy atom. The second-order valence-electron chi connectivity index (χ2n) is 5.38. The third-order valence-corrected chi connectivity index (χ3v) is 4.51. The summed E-state index contributed by atoms with van der Waals surface area (Å²) in [7, 11) is -1.87. The van der Waals surface area contributed by atoms with Gasteiger partial charge in [-0.25, -0.2) is 0 Å². The summed E-state index contributed by atoms with van der Waals surface area (Å²) in [5.74, 6) is 0. The van der Waals surface area contributed by atoms with E-state index in [0.29, 0.717) is 18.3 Å². The average Bonchev–Trinajstić information content (AvgIpc) is 2.41. The molecule has 1 rings (SSSR count). The topological polar surface area (TPSA) is 74.3 Å². The molecule has 0 unspecified atom stereocenters. The average molecular weight is 314 g/mol. The summed E-state index contributed by atoms with van der Waals surface area (Å²) in [5.41, 5.74) is 1.59. The molecule has 0 saturated carbocycles. The number of aryl methyl sites for hydroxylation is 1. The smallest absolute Gasteiger partial charge is 0.279 e. The lowest BCUT2D eigenvalue weighted by Gasteiger charge is -2.18. The molecular weight excluding hydrogens is 288 g/mol. The fourth-order valence-electron chi connectivity index (χ4n) is 1.79. The minimum absolute atomic E-state index is 0.207. The maximum atomic E-state index is 12.1. The first kappa shape index (κ1) is 18.0. The van der Waals surface area contributed by atoms with E-state index in [4.69, 9.17) is 0 Å². The van der Waals surface area contributed by atoms with Crippen LogP contribution in [0.3, 0.4) is 0 Å². The van der Waals surface area contributed by atoms with Crippen molar-refractivity contribution in [3.8, 4) is 0 Å². The van der Waals surface area contributed by atoms with Crippen molar-refractivity contribution in [2.24, 2.45) is 0 Å². The van der Waals surface area contributed by atoms with Gasteiger partial charge in [0.05, 0.1) is 12.2 Å². The van der Waals surface area contributed by atoms with Crippen LogP contribution in [0.15, 0.2) is 18.2 Å². The zero-order valence-corrected chi connectivity index (χ0v) is 14.1. The van der Waals surface area contributed by atoms with E-state index in [0.717, 1.165) is 18.7 Å². The molecule has 21 heavy (non-hydrogen) atoms. The number of rotatable bonds is 9. The summed E-state index contributed by atoms with van der Waals surface area (Å²) in [6.45, 7) is 7.51. The summed E-state index contributed by atoms with van der Waals surface area (Å²) in [4.78, 5) is 4.27. The molecule has 0 atom stereocenters. The number of aromatic nitrogens is 1. The molecule has 0 aliphatic carbocycles. The van der Waals surface area contributed by atoms with E-state index in [-0.39, 0.29) is 6.54 Å². The Balaban J connectivity index is 2.41. The minimum atomic E-state index is -3.46. The van der Waals surface area contributed by atoms with Gasteiger partial charge in [-0.3, -0.25) is 4.98 Å². The summed E-state index contributed by atoms with van der Waals surface area (Å²) in [6.07, 6.45) is 0.776. The number of nitrogens with zero attached hydrogens (tertiary/aromatic N) is 2. The molecule has 1 aromatic heterocycles. The molecule has 7 heteroatoms. The van der Waals surface area contributed by atoms with Crippen LogP contribution in [0.1, 0.15) is 31.7 Å². The van der Waals surface area contributed by atoms with Crippen molar-refractivity contribution < 1.29 is 8.42 Å². The second-order valence-corrected chi connectivity index (χ2v) is 7.24. The Bertz CT molecular complexity index is 532. The van der Waals surface area contributed by atoms with Gasteiger partial charge >= 0.3 is 0 Å². The van der Waals surface area contributed by atoms with Crippen LogP contribution in [-0.2, 0) is 16.8 Å². The molecule has 0 radical (unpaired) electrons. The Kier molecular flexibility index (Phi) is 7.24. The van der Waals surface area contributed by atoms with Crippen LogP contribution in [0.25, 0.3) is 0 Å². The molecule has 1 heterocycles. The van der Waals surface area contributed by atoms with E-state index < -0.39 is 10.2 Å². The molecule has 0 aromatic carbocycles. The molecule has 0 spiro atoms. The third kappa shape index (κ3) is 6.99. The van der Waals surface area contributed by atoms with Crippen LogP contribution in [0.2, 0.25) is 0 Å². The summed E-state index contributed by atoms with van der Waals surface area (Å²) >= 11 is 0. The predicted molar refractivity (Wildman–Crippen MR) is 85.1 cm³/mol. The Hall–Kier alpha value is -1.02. The first-order chi connectivity index (χ1) is 9.81. The number of hydrogen-bond acceptors (Lipinski definition) is 4. The Morgan fingerprint density at radius 1 is 1.33 bits per heavy atom. The van der Waals surface area contributed by atoms with Crippen LogP contribution >= 0.6 is 0 Å². The van der Waals surface area contributed by atoms with Crippen LogP contribution in [0.5, 0.6) is 0 Å². The van der Waals surface area contributed by atoms with E-state index >= 15 is 0 Å². The number of hydrogen-bond donors (Lipinski definition) is 2. The molecule has 2 N–H and O–H groups in total. The zero-order valence-electron chi connectivity index (χ0n) is 13.3. The standard InChI is InChI=1S/C14H26N4O2S/c1-12(2)15-9-6-10-18(4)21(19,20)16-11-14-8-5-7-13(3)17-14/h5,7-8,12,15-16H,6,9-11H2,1-4H3. The third-order valence-electron chi connectivity index (χ3n) is 2.99. The van der Waals surface area contributed by atoms with Crippen molar-refractivity contribution in [2.75, 3.05) is 20.1 Å². The van der Waals surface area contributed by atoms with E-state index in [9.17, 15) is 8.42 Å². The quantitative estimate of drug-likeness (QED) is 0.668. The molecule has 1 aromatic rings. The van der Waals surface area contributed by atoms with Crippen LogP contribution in [-0.4, -0.2) is 43.9 Å². The van der Waals surface area contributed by atoms with Crippen LogP contribution in [0.4, 0.5) is 0 Å². The second kappa shape index (κ2) is 8.43. The summed E-state index contributed by atoms with van der Waals surface area (Å²) < 4.78 is 28.1. The van der Waals surface area contributed by atoms with E-state index in [1.807, 2.05) is 25.1 Å².